The minimum Gasteiger partial charge on any atom is -0.449 e. The molecule has 8 heteroatoms. The van der Waals surface area contributed by atoms with E-state index in [1.165, 1.54) is 4.90 Å². The first-order valence-electron chi connectivity index (χ1n) is 7.95. The van der Waals surface area contributed by atoms with Crippen molar-refractivity contribution < 1.29 is 14.3 Å². The summed E-state index contributed by atoms with van der Waals surface area (Å²) in [6.45, 7) is 2.32. The van der Waals surface area contributed by atoms with E-state index < -0.39 is 12.0 Å². The highest BCUT2D eigenvalue weighted by molar-refractivity contribution is 5.91. The molecule has 0 aliphatic carbocycles. The molecule has 2 heterocycles. The number of benzene rings is 1. The molecule has 2 aromatic rings. The second-order valence-electron chi connectivity index (χ2n) is 5.68. The molecule has 0 fully saturated rings. The topological polar surface area (TPSA) is 124 Å². The van der Waals surface area contributed by atoms with E-state index >= 15 is 0 Å². The molecule has 0 spiro atoms. The number of anilines is 2. The lowest BCUT2D eigenvalue weighted by Gasteiger charge is -2.16. The maximum Gasteiger partial charge on any atom is 0.415 e. The Bertz CT molecular complexity index is 809. The van der Waals surface area contributed by atoms with Crippen molar-refractivity contribution in [3.63, 3.8) is 0 Å². The molecule has 2 amide bonds. The zero-order chi connectivity index (χ0) is 18.0. The van der Waals surface area contributed by atoms with Crippen molar-refractivity contribution in [3.05, 3.63) is 47.3 Å². The molecule has 4 N–H and O–H groups in total. The number of nitrogen functional groups attached to an aromatic ring is 1. The van der Waals surface area contributed by atoms with Gasteiger partial charge in [-0.05, 0) is 12.5 Å². The second-order valence-corrected chi connectivity index (χ2v) is 5.68. The molecule has 130 valence electrons. The number of primary amides is 1. The molecule has 1 aliphatic heterocycles. The van der Waals surface area contributed by atoms with Crippen LogP contribution >= 0.6 is 0 Å². The Balaban J connectivity index is 2.09. The number of nitrogens with two attached hydrogens (primary N) is 2. The Morgan fingerprint density at radius 3 is 2.64 bits per heavy atom. The van der Waals surface area contributed by atoms with Gasteiger partial charge < -0.3 is 16.2 Å². The molecule has 1 aromatic heterocycles. The van der Waals surface area contributed by atoms with E-state index in [2.05, 4.69) is 9.97 Å². The lowest BCUT2D eigenvalue weighted by atomic mass is 9.94. The normalized spacial score (nSPS) is 15.7. The SMILES string of the molecule is CCOC(=O)N1C[C@@H](c2ccccc2)c2c(N)nc(CC(N)=O)nc21. The summed E-state index contributed by atoms with van der Waals surface area (Å²) < 4.78 is 5.12. The number of rotatable bonds is 4. The van der Waals surface area contributed by atoms with Crippen molar-refractivity contribution in [1.82, 2.24) is 9.97 Å². The van der Waals surface area contributed by atoms with Crippen LogP contribution in [0.3, 0.4) is 0 Å². The molecule has 1 atom stereocenters. The van der Waals surface area contributed by atoms with E-state index in [0.717, 1.165) is 5.56 Å². The van der Waals surface area contributed by atoms with Crippen LogP contribution in [0.5, 0.6) is 0 Å². The quantitative estimate of drug-likeness (QED) is 0.861. The summed E-state index contributed by atoms with van der Waals surface area (Å²) in [5, 5.41) is 0. The minimum atomic E-state index is -0.570. The molecule has 0 radical (unpaired) electrons. The van der Waals surface area contributed by atoms with Crippen molar-refractivity contribution in [1.29, 1.82) is 0 Å². The highest BCUT2D eigenvalue weighted by Gasteiger charge is 2.38. The molecule has 0 unspecified atom stereocenters. The maximum absolute atomic E-state index is 12.3. The van der Waals surface area contributed by atoms with E-state index in [0.29, 0.717) is 17.9 Å². The summed E-state index contributed by atoms with van der Waals surface area (Å²) in [4.78, 5) is 33.5. The summed E-state index contributed by atoms with van der Waals surface area (Å²) in [6.07, 6.45) is -0.658. The minimum absolute atomic E-state index is 0.149. The van der Waals surface area contributed by atoms with Crippen LogP contribution in [-0.2, 0) is 16.0 Å². The van der Waals surface area contributed by atoms with Crippen molar-refractivity contribution in [2.75, 3.05) is 23.8 Å². The first kappa shape index (κ1) is 16.7. The number of hydrogen-bond donors (Lipinski definition) is 2. The van der Waals surface area contributed by atoms with Crippen LogP contribution in [0.4, 0.5) is 16.4 Å². The van der Waals surface area contributed by atoms with Gasteiger partial charge in [-0.3, -0.25) is 9.69 Å². The highest BCUT2D eigenvalue weighted by atomic mass is 16.6. The fourth-order valence-corrected chi connectivity index (χ4v) is 2.98. The molecule has 25 heavy (non-hydrogen) atoms. The summed E-state index contributed by atoms with van der Waals surface area (Å²) in [7, 11) is 0. The van der Waals surface area contributed by atoms with E-state index in [1.54, 1.807) is 6.92 Å². The average Bonchev–Trinajstić information content (AvgIpc) is 2.95. The number of carbonyl (C=O) groups is 2. The Morgan fingerprint density at radius 2 is 2.00 bits per heavy atom. The average molecular weight is 341 g/mol. The molecular weight excluding hydrogens is 322 g/mol. The molecule has 0 saturated heterocycles. The lowest BCUT2D eigenvalue weighted by molar-refractivity contribution is -0.117. The lowest BCUT2D eigenvalue weighted by Crippen LogP contribution is -2.31. The number of hydrogen-bond acceptors (Lipinski definition) is 6. The zero-order valence-electron chi connectivity index (χ0n) is 13.8. The third kappa shape index (κ3) is 3.23. The van der Waals surface area contributed by atoms with E-state index in [1.807, 2.05) is 30.3 Å². The first-order chi connectivity index (χ1) is 12.0. The van der Waals surface area contributed by atoms with Gasteiger partial charge >= 0.3 is 6.09 Å². The van der Waals surface area contributed by atoms with E-state index in [-0.39, 0.29) is 30.6 Å². The Hall–Kier alpha value is -3.16. The fraction of sp³-hybridized carbons (Fsp3) is 0.294. The Morgan fingerprint density at radius 1 is 1.28 bits per heavy atom. The summed E-state index contributed by atoms with van der Waals surface area (Å²) in [5.74, 6) is 0.0626. The monoisotopic (exact) mass is 341 g/mol. The van der Waals surface area contributed by atoms with Crippen molar-refractivity contribution in [2.45, 2.75) is 19.3 Å². The standard InChI is InChI=1S/C17H19N5O3/c1-2-25-17(24)22-9-11(10-6-4-3-5-7-10)14-15(19)20-13(8-12(18)23)21-16(14)22/h3-7,11H,2,8-9H2,1H3,(H2,18,23)(H2,19,20,21)/t11-/m0/s1. The first-order valence-corrected chi connectivity index (χ1v) is 7.95. The largest absolute Gasteiger partial charge is 0.449 e. The summed E-state index contributed by atoms with van der Waals surface area (Å²) in [5.41, 5.74) is 13.0. The molecular formula is C17H19N5O3. The highest BCUT2D eigenvalue weighted by Crippen LogP contribution is 2.41. The van der Waals surface area contributed by atoms with Gasteiger partial charge in [0.05, 0.1) is 13.0 Å². The maximum atomic E-state index is 12.3. The number of fused-ring (bicyclic) bond motifs is 1. The van der Waals surface area contributed by atoms with Gasteiger partial charge in [0, 0.05) is 18.0 Å². The van der Waals surface area contributed by atoms with Gasteiger partial charge in [0.2, 0.25) is 5.91 Å². The number of nitrogens with zero attached hydrogens (tertiary/aromatic N) is 3. The number of carbonyl (C=O) groups excluding carboxylic acids is 2. The van der Waals surface area contributed by atoms with E-state index in [9.17, 15) is 9.59 Å². The van der Waals surface area contributed by atoms with Crippen LogP contribution < -0.4 is 16.4 Å². The molecule has 1 aliphatic rings. The van der Waals surface area contributed by atoms with Gasteiger partial charge in [0.1, 0.15) is 17.5 Å². The van der Waals surface area contributed by atoms with Crippen LogP contribution in [-0.4, -0.2) is 35.1 Å². The summed E-state index contributed by atoms with van der Waals surface area (Å²) in [6, 6.07) is 9.67. The van der Waals surface area contributed by atoms with Gasteiger partial charge in [-0.15, -0.1) is 0 Å². The predicted molar refractivity (Wildman–Crippen MR) is 92.0 cm³/mol. The molecule has 0 bridgehead atoms. The van der Waals surface area contributed by atoms with E-state index in [4.69, 9.17) is 16.2 Å². The van der Waals surface area contributed by atoms with Gasteiger partial charge in [0.15, 0.2) is 0 Å². The molecule has 8 nitrogen and oxygen atoms in total. The van der Waals surface area contributed by atoms with Crippen LogP contribution in [0.1, 0.15) is 29.8 Å². The number of aromatic nitrogens is 2. The third-order valence-corrected chi connectivity index (χ3v) is 3.99. The Labute approximate surface area is 144 Å². The van der Waals surface area contributed by atoms with Crippen LogP contribution in [0.25, 0.3) is 0 Å². The van der Waals surface area contributed by atoms with Crippen molar-refractivity contribution in [3.8, 4) is 0 Å². The zero-order valence-corrected chi connectivity index (χ0v) is 13.8. The van der Waals surface area contributed by atoms with Gasteiger partial charge in [-0.2, -0.15) is 0 Å². The molecule has 1 aromatic carbocycles. The fourth-order valence-electron chi connectivity index (χ4n) is 2.98. The third-order valence-electron chi connectivity index (χ3n) is 3.99. The van der Waals surface area contributed by atoms with Gasteiger partial charge in [0.25, 0.3) is 0 Å². The van der Waals surface area contributed by atoms with Crippen molar-refractivity contribution in [2.24, 2.45) is 5.73 Å². The van der Waals surface area contributed by atoms with Crippen LogP contribution in [0.2, 0.25) is 0 Å². The van der Waals surface area contributed by atoms with Gasteiger partial charge in [-0.25, -0.2) is 14.8 Å². The molecule has 0 saturated carbocycles. The smallest absolute Gasteiger partial charge is 0.415 e. The number of amides is 2. The number of ether oxygens (including phenoxy) is 1. The van der Waals surface area contributed by atoms with Gasteiger partial charge in [-0.1, -0.05) is 30.3 Å². The molecule has 3 rings (SSSR count). The van der Waals surface area contributed by atoms with Crippen molar-refractivity contribution >= 4 is 23.6 Å². The van der Waals surface area contributed by atoms with Crippen LogP contribution in [0.15, 0.2) is 30.3 Å². The Kier molecular flexibility index (Phi) is 4.51. The summed E-state index contributed by atoms with van der Waals surface area (Å²) >= 11 is 0. The predicted octanol–water partition coefficient (Wildman–Crippen LogP) is 1.20. The second kappa shape index (κ2) is 6.76. The van der Waals surface area contributed by atoms with Crippen LogP contribution in [0, 0.1) is 0 Å².